The Morgan fingerprint density at radius 3 is 2.59 bits per heavy atom. The van der Waals surface area contributed by atoms with E-state index >= 15 is 0 Å². The van der Waals surface area contributed by atoms with Gasteiger partial charge in [0.15, 0.2) is 6.04 Å². The minimum Gasteiger partial charge on any atom is -0.349 e. The summed E-state index contributed by atoms with van der Waals surface area (Å²) in [7, 11) is 0. The Morgan fingerprint density at radius 1 is 1.26 bits per heavy atom. The van der Waals surface area contributed by atoms with Crippen LogP contribution in [-0.4, -0.2) is 59.9 Å². The lowest BCUT2D eigenvalue weighted by Crippen LogP contribution is -3.17. The molecule has 2 aliphatic heterocycles. The summed E-state index contributed by atoms with van der Waals surface area (Å²) < 4.78 is 0. The van der Waals surface area contributed by atoms with Crippen LogP contribution in [0.25, 0.3) is 0 Å². The van der Waals surface area contributed by atoms with Crippen molar-refractivity contribution in [2.75, 3.05) is 31.9 Å². The van der Waals surface area contributed by atoms with Crippen molar-refractivity contribution in [1.82, 2.24) is 10.2 Å². The Morgan fingerprint density at radius 2 is 1.96 bits per heavy atom. The monoisotopic (exact) mass is 390 g/mol. The molecule has 3 amide bonds. The van der Waals surface area contributed by atoms with Crippen LogP contribution < -0.4 is 10.2 Å². The number of carbonyl (C=O) groups is 3. The summed E-state index contributed by atoms with van der Waals surface area (Å²) in [6, 6.07) is 10.5. The van der Waals surface area contributed by atoms with Gasteiger partial charge >= 0.3 is 0 Å². The smallest absolute Gasteiger partial charge is 0.288 e. The van der Waals surface area contributed by atoms with Gasteiger partial charge in [0.2, 0.25) is 5.91 Å². The highest BCUT2D eigenvalue weighted by Gasteiger charge is 2.31. The van der Waals surface area contributed by atoms with Gasteiger partial charge in [0, 0.05) is 13.1 Å². The number of hydrogen-bond acceptors (Lipinski definition) is 4. The van der Waals surface area contributed by atoms with E-state index in [1.54, 1.807) is 0 Å². The number of carbonyl (C=O) groups excluding carboxylic acids is 3. The molecule has 2 saturated heterocycles. The molecule has 1 atom stereocenters. The van der Waals surface area contributed by atoms with E-state index in [1.165, 1.54) is 15.4 Å². The second-order valence-corrected chi connectivity index (χ2v) is 8.33. The number of nitrogens with one attached hydrogen (secondary N) is 2. The van der Waals surface area contributed by atoms with Crippen molar-refractivity contribution < 1.29 is 19.3 Å². The van der Waals surface area contributed by atoms with Gasteiger partial charge in [0.05, 0.1) is 18.8 Å². The number of amides is 3. The number of quaternary nitrogens is 1. The topological polar surface area (TPSA) is 70.9 Å². The van der Waals surface area contributed by atoms with Crippen molar-refractivity contribution in [2.24, 2.45) is 5.92 Å². The lowest BCUT2D eigenvalue weighted by Gasteiger charge is -2.32. The average Bonchev–Trinajstić information content (AvgIpc) is 3.01. The van der Waals surface area contributed by atoms with Crippen LogP contribution >= 0.6 is 11.8 Å². The molecule has 6 nitrogen and oxygen atoms in total. The summed E-state index contributed by atoms with van der Waals surface area (Å²) in [5.74, 6) is 0.735. The fourth-order valence-corrected chi connectivity index (χ4v) is 4.61. The molecule has 0 radical (unpaired) electrons. The molecule has 2 N–H and O–H groups in total. The highest BCUT2D eigenvalue weighted by Crippen LogP contribution is 2.18. The number of benzene rings is 1. The molecule has 2 aliphatic rings. The molecule has 146 valence electrons. The second-order valence-electron chi connectivity index (χ2n) is 7.40. The van der Waals surface area contributed by atoms with Crippen LogP contribution in [0.1, 0.15) is 25.3 Å². The molecule has 0 bridgehead atoms. The Balaban J connectivity index is 1.38. The lowest BCUT2D eigenvalue weighted by molar-refractivity contribution is -0.920. The van der Waals surface area contributed by atoms with Crippen molar-refractivity contribution in [3.63, 3.8) is 0 Å². The molecule has 0 aliphatic carbocycles. The number of thioether (sulfide) groups is 1. The number of piperidine rings is 1. The number of rotatable bonds is 7. The molecule has 0 unspecified atom stereocenters. The molecule has 27 heavy (non-hydrogen) atoms. The Bertz CT molecular complexity index is 658. The van der Waals surface area contributed by atoms with Crippen LogP contribution in [0, 0.1) is 5.92 Å². The van der Waals surface area contributed by atoms with Gasteiger partial charge in [-0.05, 0) is 37.7 Å². The van der Waals surface area contributed by atoms with Crippen molar-refractivity contribution in [3.05, 3.63) is 35.9 Å². The first-order chi connectivity index (χ1) is 13.0. The molecule has 0 aromatic heterocycles. The molecule has 2 heterocycles. The zero-order valence-electron chi connectivity index (χ0n) is 15.8. The van der Waals surface area contributed by atoms with Crippen molar-refractivity contribution in [3.8, 4) is 0 Å². The summed E-state index contributed by atoms with van der Waals surface area (Å²) in [5, 5.41) is 2.67. The third-order valence-corrected chi connectivity index (χ3v) is 6.45. The number of hydrogen-bond donors (Lipinski definition) is 2. The molecule has 1 aromatic carbocycles. The van der Waals surface area contributed by atoms with Gasteiger partial charge in [0.1, 0.15) is 0 Å². The minimum atomic E-state index is -0.214. The number of imide groups is 1. The molecular weight excluding hydrogens is 362 g/mol. The SMILES string of the molecule is C[C@@H](C(=O)NCCN1C(=O)CSC1=O)[NH+]1CCC(Cc2ccccc2)CC1. The molecule has 2 fully saturated rings. The van der Waals surface area contributed by atoms with E-state index in [0.717, 1.165) is 44.1 Å². The number of likely N-dealkylation sites (tertiary alicyclic amines) is 1. The van der Waals surface area contributed by atoms with Gasteiger partial charge in [-0.3, -0.25) is 19.3 Å². The van der Waals surface area contributed by atoms with Gasteiger partial charge in [-0.15, -0.1) is 0 Å². The van der Waals surface area contributed by atoms with E-state index in [4.69, 9.17) is 0 Å². The molecule has 3 rings (SSSR count). The molecule has 0 spiro atoms. The van der Waals surface area contributed by atoms with Gasteiger partial charge < -0.3 is 10.2 Å². The zero-order valence-corrected chi connectivity index (χ0v) is 16.6. The summed E-state index contributed by atoms with van der Waals surface area (Å²) >= 11 is 1.02. The van der Waals surface area contributed by atoms with E-state index in [0.29, 0.717) is 12.5 Å². The first-order valence-electron chi connectivity index (χ1n) is 9.68. The normalized spacial score (nSPS) is 24.1. The van der Waals surface area contributed by atoms with Crippen molar-refractivity contribution in [2.45, 2.75) is 32.2 Å². The zero-order chi connectivity index (χ0) is 19.2. The molecule has 7 heteroatoms. The van der Waals surface area contributed by atoms with Crippen molar-refractivity contribution >= 4 is 28.8 Å². The van der Waals surface area contributed by atoms with E-state index in [-0.39, 0.29) is 35.4 Å². The van der Waals surface area contributed by atoms with Crippen LogP contribution in [0.5, 0.6) is 0 Å². The van der Waals surface area contributed by atoms with Gasteiger partial charge in [-0.2, -0.15) is 0 Å². The minimum absolute atomic E-state index is 0.00161. The van der Waals surface area contributed by atoms with E-state index in [9.17, 15) is 14.4 Å². The first-order valence-corrected chi connectivity index (χ1v) is 10.7. The Labute approximate surface area is 164 Å². The van der Waals surface area contributed by atoms with Gasteiger partial charge in [0.25, 0.3) is 11.1 Å². The van der Waals surface area contributed by atoms with Crippen LogP contribution in [0.15, 0.2) is 30.3 Å². The number of nitrogens with zero attached hydrogens (tertiary/aromatic N) is 1. The summed E-state index contributed by atoms with van der Waals surface area (Å²) in [6.07, 6.45) is 3.39. The predicted octanol–water partition coefficient (Wildman–Crippen LogP) is 0.724. The van der Waals surface area contributed by atoms with Gasteiger partial charge in [-0.1, -0.05) is 42.1 Å². The van der Waals surface area contributed by atoms with E-state index < -0.39 is 0 Å². The van der Waals surface area contributed by atoms with E-state index in [2.05, 4.69) is 29.6 Å². The second kappa shape index (κ2) is 9.37. The van der Waals surface area contributed by atoms with Gasteiger partial charge in [-0.25, -0.2) is 0 Å². The van der Waals surface area contributed by atoms with Crippen molar-refractivity contribution in [1.29, 1.82) is 0 Å². The molecular formula is C20H28N3O3S+. The third-order valence-electron chi connectivity index (χ3n) is 5.60. The Kier molecular flexibility index (Phi) is 6.90. The van der Waals surface area contributed by atoms with Crippen LogP contribution in [0.4, 0.5) is 4.79 Å². The highest BCUT2D eigenvalue weighted by molar-refractivity contribution is 8.14. The highest BCUT2D eigenvalue weighted by atomic mass is 32.2. The van der Waals surface area contributed by atoms with E-state index in [1.807, 2.05) is 13.0 Å². The van der Waals surface area contributed by atoms with Crippen LogP contribution in [0.3, 0.4) is 0 Å². The van der Waals surface area contributed by atoms with Crippen LogP contribution in [0.2, 0.25) is 0 Å². The standard InChI is InChI=1S/C20H27N3O3S/c1-15(19(25)21-9-12-23-18(24)14-27-20(23)26)22-10-7-17(8-11-22)13-16-5-3-2-4-6-16/h2-6,15,17H,7-14H2,1H3,(H,21,25)/p+1/t15-/m0/s1. The quantitative estimate of drug-likeness (QED) is 0.720. The Hall–Kier alpha value is -1.86. The predicted molar refractivity (Wildman–Crippen MR) is 106 cm³/mol. The molecule has 1 aromatic rings. The fourth-order valence-electron chi connectivity index (χ4n) is 3.86. The third kappa shape index (κ3) is 5.32. The maximum atomic E-state index is 12.4. The first kappa shape index (κ1) is 19.9. The fraction of sp³-hybridized carbons (Fsp3) is 0.550. The molecule has 0 saturated carbocycles. The summed E-state index contributed by atoms with van der Waals surface area (Å²) in [4.78, 5) is 38.1. The lowest BCUT2D eigenvalue weighted by atomic mass is 9.89. The largest absolute Gasteiger partial charge is 0.349 e. The summed E-state index contributed by atoms with van der Waals surface area (Å²) in [5.41, 5.74) is 1.39. The summed E-state index contributed by atoms with van der Waals surface area (Å²) in [6.45, 7) is 4.56. The maximum absolute atomic E-state index is 12.4. The average molecular weight is 391 g/mol. The van der Waals surface area contributed by atoms with Crippen LogP contribution in [-0.2, 0) is 16.0 Å². The maximum Gasteiger partial charge on any atom is 0.288 e.